The van der Waals surface area contributed by atoms with E-state index in [-0.39, 0.29) is 6.61 Å². The minimum atomic E-state index is 0.240. The van der Waals surface area contributed by atoms with Crippen molar-refractivity contribution in [2.75, 3.05) is 24.6 Å². The molecule has 1 N–H and O–H groups in total. The number of pyridine rings is 1. The number of aliphatic hydroxyl groups excluding tert-OH is 1. The van der Waals surface area contributed by atoms with Gasteiger partial charge in [0.2, 0.25) is 0 Å². The molecule has 1 fully saturated rings. The van der Waals surface area contributed by atoms with Gasteiger partial charge in [-0.25, -0.2) is 4.98 Å². The third-order valence-electron chi connectivity index (χ3n) is 5.27. The third kappa shape index (κ3) is 4.57. The average molecular weight is 378 g/mol. The predicted octanol–water partition coefficient (Wildman–Crippen LogP) is 3.52. The highest BCUT2D eigenvalue weighted by Crippen LogP contribution is 2.24. The van der Waals surface area contributed by atoms with Gasteiger partial charge >= 0.3 is 0 Å². The summed E-state index contributed by atoms with van der Waals surface area (Å²) >= 11 is 0. The van der Waals surface area contributed by atoms with E-state index in [9.17, 15) is 5.11 Å². The molecule has 1 aliphatic heterocycles. The van der Waals surface area contributed by atoms with Gasteiger partial charge in [-0.15, -0.1) is 0 Å². The maximum absolute atomic E-state index is 9.40. The molecule has 0 amide bonds. The van der Waals surface area contributed by atoms with E-state index in [1.165, 1.54) is 5.56 Å². The number of benzene rings is 1. The average Bonchev–Trinajstić information content (AvgIpc) is 3.24. The first-order chi connectivity index (χ1) is 13.8. The number of aromatic nitrogens is 3. The van der Waals surface area contributed by atoms with Crippen LogP contribution in [0.25, 0.3) is 11.5 Å². The molecule has 6 nitrogen and oxygen atoms in total. The van der Waals surface area contributed by atoms with Gasteiger partial charge in [0.05, 0.1) is 5.56 Å². The molecule has 0 radical (unpaired) electrons. The summed E-state index contributed by atoms with van der Waals surface area (Å²) < 4.78 is 5.43. The molecule has 3 heterocycles. The Kier molecular flexibility index (Phi) is 5.97. The summed E-state index contributed by atoms with van der Waals surface area (Å²) in [7, 11) is 0. The van der Waals surface area contributed by atoms with Crippen LogP contribution in [0.15, 0.2) is 53.2 Å². The van der Waals surface area contributed by atoms with E-state index < -0.39 is 0 Å². The van der Waals surface area contributed by atoms with Crippen molar-refractivity contribution < 1.29 is 9.63 Å². The second-order valence-electron chi connectivity index (χ2n) is 7.40. The van der Waals surface area contributed by atoms with Crippen molar-refractivity contribution in [2.24, 2.45) is 5.92 Å². The molecule has 3 aromatic rings. The fraction of sp³-hybridized carbons (Fsp3) is 0.409. The summed E-state index contributed by atoms with van der Waals surface area (Å²) in [4.78, 5) is 11.3. The fourth-order valence-electron chi connectivity index (χ4n) is 3.69. The van der Waals surface area contributed by atoms with E-state index in [1.54, 1.807) is 6.20 Å². The van der Waals surface area contributed by atoms with Crippen molar-refractivity contribution in [3.63, 3.8) is 0 Å². The van der Waals surface area contributed by atoms with E-state index >= 15 is 0 Å². The van der Waals surface area contributed by atoms with Crippen molar-refractivity contribution in [3.05, 3.63) is 60.0 Å². The molecule has 1 unspecified atom stereocenters. The van der Waals surface area contributed by atoms with Crippen molar-refractivity contribution in [2.45, 2.75) is 32.1 Å². The van der Waals surface area contributed by atoms with Crippen LogP contribution in [0, 0.1) is 5.92 Å². The zero-order chi connectivity index (χ0) is 19.2. The highest BCUT2D eigenvalue weighted by Gasteiger charge is 2.20. The lowest BCUT2D eigenvalue weighted by Crippen LogP contribution is -2.37. The van der Waals surface area contributed by atoms with E-state index in [1.807, 2.05) is 18.2 Å². The predicted molar refractivity (Wildman–Crippen MR) is 108 cm³/mol. The quantitative estimate of drug-likeness (QED) is 0.678. The third-order valence-corrected chi connectivity index (χ3v) is 5.27. The Morgan fingerprint density at radius 3 is 2.79 bits per heavy atom. The van der Waals surface area contributed by atoms with Crippen molar-refractivity contribution >= 4 is 5.82 Å². The van der Waals surface area contributed by atoms with Crippen LogP contribution < -0.4 is 4.90 Å². The molecular formula is C22H26N4O2. The van der Waals surface area contributed by atoms with Crippen LogP contribution in [0.2, 0.25) is 0 Å². The Balaban J connectivity index is 1.34. The van der Waals surface area contributed by atoms with Crippen LogP contribution in [-0.4, -0.2) is 39.9 Å². The summed E-state index contributed by atoms with van der Waals surface area (Å²) in [5.41, 5.74) is 2.16. The normalized spacial score (nSPS) is 17.0. The Hall–Kier alpha value is -2.73. The molecule has 4 rings (SSSR count). The number of hydrogen-bond donors (Lipinski definition) is 1. The van der Waals surface area contributed by atoms with Gasteiger partial charge in [0, 0.05) is 32.3 Å². The molecule has 0 spiro atoms. The summed E-state index contributed by atoms with van der Waals surface area (Å²) in [6, 6.07) is 14.4. The smallest absolute Gasteiger partial charge is 0.259 e. The molecular weight excluding hydrogens is 352 g/mol. The highest BCUT2D eigenvalue weighted by molar-refractivity contribution is 5.54. The molecule has 0 saturated carbocycles. The van der Waals surface area contributed by atoms with Crippen molar-refractivity contribution in [1.82, 2.24) is 15.1 Å². The molecule has 1 atom stereocenters. The molecule has 1 aromatic carbocycles. The van der Waals surface area contributed by atoms with E-state index in [4.69, 9.17) is 4.52 Å². The molecule has 146 valence electrons. The topological polar surface area (TPSA) is 75.3 Å². The van der Waals surface area contributed by atoms with E-state index in [0.717, 1.165) is 62.4 Å². The molecule has 6 heteroatoms. The van der Waals surface area contributed by atoms with Crippen LogP contribution in [0.4, 0.5) is 5.82 Å². The zero-order valence-electron chi connectivity index (χ0n) is 16.0. The highest BCUT2D eigenvalue weighted by atomic mass is 16.5. The monoisotopic (exact) mass is 378 g/mol. The number of anilines is 1. The fourth-order valence-corrected chi connectivity index (χ4v) is 3.69. The van der Waals surface area contributed by atoms with E-state index in [0.29, 0.717) is 11.8 Å². The van der Waals surface area contributed by atoms with E-state index in [2.05, 4.69) is 44.3 Å². The standard InChI is InChI=1S/C22H26N4O2/c27-16-18-9-5-13-26(15-18)21-12-11-19(14-23-21)22-24-20(25-28-22)10-4-8-17-6-2-1-3-7-17/h1-3,6-7,11-12,14,18,27H,4-5,8-10,13,15-16H2. The molecule has 28 heavy (non-hydrogen) atoms. The largest absolute Gasteiger partial charge is 0.396 e. The summed E-state index contributed by atoms with van der Waals surface area (Å²) in [5, 5.41) is 13.5. The maximum Gasteiger partial charge on any atom is 0.259 e. The van der Waals surface area contributed by atoms with Crippen LogP contribution in [0.5, 0.6) is 0 Å². The van der Waals surface area contributed by atoms with Crippen LogP contribution in [-0.2, 0) is 12.8 Å². The number of aliphatic hydroxyl groups is 1. The lowest BCUT2D eigenvalue weighted by molar-refractivity contribution is 0.208. The van der Waals surface area contributed by atoms with Crippen molar-refractivity contribution in [1.29, 1.82) is 0 Å². The Morgan fingerprint density at radius 1 is 1.11 bits per heavy atom. The van der Waals surface area contributed by atoms with Crippen molar-refractivity contribution in [3.8, 4) is 11.5 Å². The Morgan fingerprint density at radius 2 is 2.00 bits per heavy atom. The van der Waals surface area contributed by atoms with Gasteiger partial charge < -0.3 is 14.5 Å². The van der Waals surface area contributed by atoms with Gasteiger partial charge in [0.25, 0.3) is 5.89 Å². The molecule has 0 bridgehead atoms. The van der Waals surface area contributed by atoms with Gasteiger partial charge in [-0.1, -0.05) is 35.5 Å². The second-order valence-corrected chi connectivity index (χ2v) is 7.40. The number of rotatable bonds is 7. The lowest BCUT2D eigenvalue weighted by atomic mass is 9.99. The summed E-state index contributed by atoms with van der Waals surface area (Å²) in [6.07, 6.45) is 6.75. The van der Waals surface area contributed by atoms with Gasteiger partial charge in [0.1, 0.15) is 5.82 Å². The number of nitrogens with zero attached hydrogens (tertiary/aromatic N) is 4. The van der Waals surface area contributed by atoms with Gasteiger partial charge in [0.15, 0.2) is 5.82 Å². The zero-order valence-corrected chi connectivity index (χ0v) is 16.0. The molecule has 1 saturated heterocycles. The van der Waals surface area contributed by atoms with Crippen LogP contribution in [0.3, 0.4) is 0 Å². The number of hydrogen-bond acceptors (Lipinski definition) is 6. The first kappa shape index (κ1) is 18.6. The second kappa shape index (κ2) is 8.97. The van der Waals surface area contributed by atoms with Crippen LogP contribution in [0.1, 0.15) is 30.7 Å². The minimum Gasteiger partial charge on any atom is -0.396 e. The van der Waals surface area contributed by atoms with Gasteiger partial charge in [-0.2, -0.15) is 4.98 Å². The molecule has 0 aliphatic carbocycles. The van der Waals surface area contributed by atoms with Gasteiger partial charge in [-0.05, 0) is 49.3 Å². The van der Waals surface area contributed by atoms with Crippen LogP contribution >= 0.6 is 0 Å². The SMILES string of the molecule is OCC1CCCN(c2ccc(-c3nc(CCCc4ccccc4)no3)cn2)C1. The molecule has 2 aromatic heterocycles. The molecule has 1 aliphatic rings. The maximum atomic E-state index is 9.40. The number of piperidine rings is 1. The number of aryl methyl sites for hydroxylation is 2. The Bertz CT molecular complexity index is 864. The summed E-state index contributed by atoms with van der Waals surface area (Å²) in [5.74, 6) is 2.52. The lowest BCUT2D eigenvalue weighted by Gasteiger charge is -2.32. The minimum absolute atomic E-state index is 0.240. The Labute approximate surface area is 165 Å². The van der Waals surface area contributed by atoms with Gasteiger partial charge in [-0.3, -0.25) is 0 Å². The first-order valence-corrected chi connectivity index (χ1v) is 10.0. The first-order valence-electron chi connectivity index (χ1n) is 10.0. The summed E-state index contributed by atoms with van der Waals surface area (Å²) in [6.45, 7) is 2.08.